The summed E-state index contributed by atoms with van der Waals surface area (Å²) in [6.45, 7) is 0. The van der Waals surface area contributed by atoms with Crippen molar-refractivity contribution in [2.75, 3.05) is 5.73 Å². The van der Waals surface area contributed by atoms with Gasteiger partial charge in [0.05, 0.1) is 26.9 Å². The lowest BCUT2D eigenvalue weighted by molar-refractivity contribution is -0.142. The van der Waals surface area contributed by atoms with Crippen LogP contribution in [0.5, 0.6) is 0 Å². The minimum Gasteiger partial charge on any atom is -0.397 e. The summed E-state index contributed by atoms with van der Waals surface area (Å²) in [5, 5.41) is 0.317. The van der Waals surface area contributed by atoms with Crippen LogP contribution in [0.4, 0.5) is 32.0 Å². The third-order valence-electron chi connectivity index (χ3n) is 2.89. The zero-order valence-corrected chi connectivity index (χ0v) is 13.7. The molecule has 2 aromatic carbocycles. The van der Waals surface area contributed by atoms with Gasteiger partial charge in [0.25, 0.3) is 0 Å². The van der Waals surface area contributed by atoms with Crippen molar-refractivity contribution in [3.8, 4) is 0 Å². The highest BCUT2D eigenvalue weighted by Gasteiger charge is 2.39. The fraction of sp³-hybridized carbons (Fsp3) is 0.143. The average molecular weight is 406 g/mol. The minimum atomic E-state index is -5.02. The molecule has 0 aliphatic rings. The van der Waals surface area contributed by atoms with Crippen LogP contribution in [0.15, 0.2) is 40.1 Å². The van der Waals surface area contributed by atoms with Crippen molar-refractivity contribution in [1.82, 2.24) is 0 Å². The van der Waals surface area contributed by atoms with Gasteiger partial charge in [-0.2, -0.15) is 26.3 Å². The van der Waals surface area contributed by atoms with E-state index in [2.05, 4.69) is 0 Å². The van der Waals surface area contributed by atoms with Crippen molar-refractivity contribution in [2.24, 2.45) is 0 Å². The van der Waals surface area contributed by atoms with Gasteiger partial charge in [0.15, 0.2) is 0 Å². The van der Waals surface area contributed by atoms with Gasteiger partial charge in [0.2, 0.25) is 0 Å². The molecule has 0 aliphatic heterocycles. The summed E-state index contributed by atoms with van der Waals surface area (Å²) in [5.74, 6) is 0. The van der Waals surface area contributed by atoms with E-state index in [1.807, 2.05) is 0 Å². The Kier molecular flexibility index (Phi) is 5.22. The van der Waals surface area contributed by atoms with Crippen LogP contribution in [0, 0.1) is 0 Å². The van der Waals surface area contributed by atoms with Gasteiger partial charge in [-0.25, -0.2) is 0 Å². The summed E-state index contributed by atoms with van der Waals surface area (Å²) in [7, 11) is 0. The molecular formula is C14H7Cl2F6NS. The maximum atomic E-state index is 13.0. The Morgan fingerprint density at radius 2 is 1.46 bits per heavy atom. The van der Waals surface area contributed by atoms with E-state index >= 15 is 0 Å². The molecule has 0 saturated heterocycles. The molecule has 0 aliphatic carbocycles. The first-order valence-corrected chi connectivity index (χ1v) is 7.67. The number of anilines is 1. The smallest absolute Gasteiger partial charge is 0.397 e. The summed E-state index contributed by atoms with van der Waals surface area (Å²) >= 11 is 12.1. The molecular weight excluding hydrogens is 399 g/mol. The number of nitrogen functional groups attached to an aromatic ring is 1. The minimum absolute atomic E-state index is 0.00572. The van der Waals surface area contributed by atoms with Crippen LogP contribution in [0.25, 0.3) is 0 Å². The predicted molar refractivity (Wildman–Crippen MR) is 81.4 cm³/mol. The zero-order chi connectivity index (χ0) is 18.3. The lowest BCUT2D eigenvalue weighted by Crippen LogP contribution is -2.14. The Morgan fingerprint density at radius 1 is 0.833 bits per heavy atom. The Labute approximate surface area is 146 Å². The molecule has 0 aromatic heterocycles. The number of rotatable bonds is 2. The molecule has 24 heavy (non-hydrogen) atoms. The summed E-state index contributed by atoms with van der Waals surface area (Å²) in [4.78, 5) is -0.0842. The predicted octanol–water partition coefficient (Wildman–Crippen LogP) is 6.76. The van der Waals surface area contributed by atoms with Crippen LogP contribution >= 0.6 is 35.0 Å². The van der Waals surface area contributed by atoms with Crippen molar-refractivity contribution in [3.05, 3.63) is 51.5 Å². The van der Waals surface area contributed by atoms with E-state index < -0.39 is 29.2 Å². The maximum Gasteiger partial charge on any atom is 0.418 e. The van der Waals surface area contributed by atoms with E-state index in [-0.39, 0.29) is 21.0 Å². The molecule has 10 heteroatoms. The van der Waals surface area contributed by atoms with Crippen LogP contribution in [0.2, 0.25) is 10.0 Å². The van der Waals surface area contributed by atoms with Crippen LogP contribution in [0.1, 0.15) is 11.1 Å². The van der Waals surface area contributed by atoms with E-state index in [9.17, 15) is 26.3 Å². The number of nitrogens with two attached hydrogens (primary N) is 1. The standard InChI is InChI=1S/C14H7Cl2F6NS/c15-9-2-1-7(5-10(9)16)24-11-4-6(13(17,18)19)3-8(12(11)23)14(20,21)22/h1-5H,23H2. The molecule has 0 spiro atoms. The summed E-state index contributed by atoms with van der Waals surface area (Å²) in [6, 6.07) is 4.67. The van der Waals surface area contributed by atoms with E-state index in [0.29, 0.717) is 22.7 Å². The van der Waals surface area contributed by atoms with Crippen LogP contribution in [-0.4, -0.2) is 0 Å². The van der Waals surface area contributed by atoms with Crippen molar-refractivity contribution < 1.29 is 26.3 Å². The Balaban J connectivity index is 2.57. The van der Waals surface area contributed by atoms with E-state index in [1.165, 1.54) is 18.2 Å². The number of alkyl halides is 6. The summed E-state index contributed by atoms with van der Waals surface area (Å²) in [5.41, 5.74) is 1.66. The molecule has 130 valence electrons. The van der Waals surface area contributed by atoms with Crippen molar-refractivity contribution >= 4 is 40.7 Å². The quantitative estimate of drug-likeness (QED) is 0.440. The Bertz CT molecular complexity index is 773. The molecule has 0 bridgehead atoms. The molecule has 0 unspecified atom stereocenters. The average Bonchev–Trinajstić information content (AvgIpc) is 2.42. The lowest BCUT2D eigenvalue weighted by atomic mass is 10.1. The number of hydrogen-bond donors (Lipinski definition) is 1. The normalized spacial score (nSPS) is 12.5. The molecule has 1 nitrogen and oxygen atoms in total. The van der Waals surface area contributed by atoms with Gasteiger partial charge in [-0.15, -0.1) is 0 Å². The molecule has 0 fully saturated rings. The van der Waals surface area contributed by atoms with Crippen LogP contribution in [-0.2, 0) is 12.4 Å². The van der Waals surface area contributed by atoms with E-state index in [4.69, 9.17) is 28.9 Å². The first kappa shape index (κ1) is 19.1. The topological polar surface area (TPSA) is 26.0 Å². The van der Waals surface area contributed by atoms with Gasteiger partial charge in [0, 0.05) is 9.79 Å². The third kappa shape index (κ3) is 4.23. The monoisotopic (exact) mass is 405 g/mol. The van der Waals surface area contributed by atoms with Crippen LogP contribution < -0.4 is 5.73 Å². The van der Waals surface area contributed by atoms with E-state index in [0.717, 1.165) is 0 Å². The van der Waals surface area contributed by atoms with Gasteiger partial charge >= 0.3 is 12.4 Å². The molecule has 0 saturated carbocycles. The van der Waals surface area contributed by atoms with E-state index in [1.54, 1.807) is 0 Å². The largest absolute Gasteiger partial charge is 0.418 e. The fourth-order valence-electron chi connectivity index (χ4n) is 1.78. The second-order valence-electron chi connectivity index (χ2n) is 4.61. The highest BCUT2D eigenvalue weighted by molar-refractivity contribution is 7.99. The maximum absolute atomic E-state index is 13.0. The number of halogens is 8. The first-order valence-electron chi connectivity index (χ1n) is 6.10. The lowest BCUT2D eigenvalue weighted by Gasteiger charge is -2.17. The molecule has 0 heterocycles. The van der Waals surface area contributed by atoms with Crippen LogP contribution in [0.3, 0.4) is 0 Å². The van der Waals surface area contributed by atoms with Gasteiger partial charge in [-0.3, -0.25) is 0 Å². The SMILES string of the molecule is Nc1c(Sc2ccc(Cl)c(Cl)c2)cc(C(F)(F)F)cc1C(F)(F)F. The molecule has 2 N–H and O–H groups in total. The fourth-order valence-corrected chi connectivity index (χ4v) is 3.11. The number of hydrogen-bond acceptors (Lipinski definition) is 2. The Morgan fingerprint density at radius 3 is 1.96 bits per heavy atom. The van der Waals surface area contributed by atoms with Gasteiger partial charge in [0.1, 0.15) is 0 Å². The highest BCUT2D eigenvalue weighted by Crippen LogP contribution is 2.45. The third-order valence-corrected chi connectivity index (χ3v) is 4.68. The molecule has 0 radical (unpaired) electrons. The summed E-state index contributed by atoms with van der Waals surface area (Å²) < 4.78 is 77.5. The Hall–Kier alpha value is -1.25. The zero-order valence-electron chi connectivity index (χ0n) is 11.4. The molecule has 0 amide bonds. The number of benzene rings is 2. The molecule has 2 aromatic rings. The second kappa shape index (κ2) is 6.57. The first-order chi connectivity index (χ1) is 10.9. The van der Waals surface area contributed by atoms with Gasteiger partial charge in [-0.05, 0) is 30.3 Å². The molecule has 0 atom stereocenters. The second-order valence-corrected chi connectivity index (χ2v) is 6.54. The van der Waals surface area contributed by atoms with Gasteiger partial charge in [-0.1, -0.05) is 35.0 Å². The van der Waals surface area contributed by atoms with Gasteiger partial charge < -0.3 is 5.73 Å². The highest BCUT2D eigenvalue weighted by atomic mass is 35.5. The summed E-state index contributed by atoms with van der Waals surface area (Å²) in [6.07, 6.45) is -9.96. The molecule has 2 rings (SSSR count). The van der Waals surface area contributed by atoms with Crippen molar-refractivity contribution in [1.29, 1.82) is 0 Å². The van der Waals surface area contributed by atoms with Crippen molar-refractivity contribution in [3.63, 3.8) is 0 Å². The van der Waals surface area contributed by atoms with Crippen molar-refractivity contribution in [2.45, 2.75) is 22.1 Å².